The molecule has 0 N–H and O–H groups in total. The summed E-state index contributed by atoms with van der Waals surface area (Å²) < 4.78 is 37.2. The van der Waals surface area contributed by atoms with Gasteiger partial charge in [0.1, 0.15) is 4.60 Å². The Bertz CT molecular complexity index is 381. The third-order valence-corrected chi connectivity index (χ3v) is 2.25. The van der Waals surface area contributed by atoms with Crippen molar-refractivity contribution in [3.05, 3.63) is 28.0 Å². The maximum Gasteiger partial charge on any atom is 0.416 e. The molecule has 1 aromatic rings. The molecule has 6 heteroatoms. The van der Waals surface area contributed by atoms with Gasteiger partial charge in [-0.25, -0.2) is 4.98 Å². The number of hydrogen-bond donors (Lipinski definition) is 0. The maximum absolute atomic E-state index is 12.4. The van der Waals surface area contributed by atoms with Crippen LogP contribution in [0.5, 0.6) is 0 Å². The topological polar surface area (TPSA) is 36.7 Å². The van der Waals surface area contributed by atoms with Crippen LogP contribution in [0.3, 0.4) is 0 Å². The molecular weight excluding hydrogens is 261 g/mol. The summed E-state index contributed by atoms with van der Waals surface area (Å²) in [4.78, 5) is 3.64. The van der Waals surface area contributed by atoms with Crippen LogP contribution in [-0.4, -0.2) is 4.98 Å². The van der Waals surface area contributed by atoms with Crippen LogP contribution in [0.4, 0.5) is 13.2 Å². The van der Waals surface area contributed by atoms with E-state index in [2.05, 4.69) is 20.9 Å². The van der Waals surface area contributed by atoms with Crippen LogP contribution in [0.15, 0.2) is 16.9 Å². The molecule has 1 heterocycles. The summed E-state index contributed by atoms with van der Waals surface area (Å²) in [5, 5.41) is 8.37. The normalized spacial score (nSPS) is 11.1. The lowest BCUT2D eigenvalue weighted by Gasteiger charge is -2.11. The van der Waals surface area contributed by atoms with Crippen LogP contribution >= 0.6 is 15.9 Å². The summed E-state index contributed by atoms with van der Waals surface area (Å²) >= 11 is 2.88. The zero-order valence-electron chi connectivity index (χ0n) is 6.77. The first kappa shape index (κ1) is 11.0. The zero-order valence-corrected chi connectivity index (χ0v) is 8.35. The Morgan fingerprint density at radius 1 is 1.50 bits per heavy atom. The van der Waals surface area contributed by atoms with Gasteiger partial charge in [-0.05, 0) is 22.0 Å². The molecule has 0 aliphatic carbocycles. The number of rotatable bonds is 1. The van der Waals surface area contributed by atoms with Crippen LogP contribution in [0.25, 0.3) is 0 Å². The fourth-order valence-electron chi connectivity index (χ4n) is 0.980. The van der Waals surface area contributed by atoms with Gasteiger partial charge in [-0.1, -0.05) is 0 Å². The standard InChI is InChI=1S/C8H4BrF3N2/c9-7-5(1-3-13)6(2-4-14-7)8(10,11)12/h2,4H,1H2. The molecule has 0 saturated carbocycles. The molecule has 0 fully saturated rings. The summed E-state index contributed by atoms with van der Waals surface area (Å²) in [6.07, 6.45) is -3.71. The molecule has 0 atom stereocenters. The number of pyridine rings is 1. The van der Waals surface area contributed by atoms with Gasteiger partial charge in [0.2, 0.25) is 0 Å². The van der Waals surface area contributed by atoms with Gasteiger partial charge in [0.05, 0.1) is 18.1 Å². The van der Waals surface area contributed by atoms with Crippen LogP contribution in [0.1, 0.15) is 11.1 Å². The minimum Gasteiger partial charge on any atom is -0.249 e. The van der Waals surface area contributed by atoms with Gasteiger partial charge < -0.3 is 0 Å². The predicted molar refractivity (Wildman–Crippen MR) is 46.3 cm³/mol. The first-order valence-electron chi connectivity index (χ1n) is 3.54. The minimum absolute atomic E-state index is 0.0638. The summed E-state index contributed by atoms with van der Waals surface area (Å²) in [5.41, 5.74) is -0.941. The second-order valence-electron chi connectivity index (χ2n) is 2.46. The van der Waals surface area contributed by atoms with E-state index in [4.69, 9.17) is 5.26 Å². The Morgan fingerprint density at radius 3 is 2.64 bits per heavy atom. The Morgan fingerprint density at radius 2 is 2.14 bits per heavy atom. The molecule has 0 bridgehead atoms. The number of aromatic nitrogens is 1. The molecule has 0 amide bonds. The Balaban J connectivity index is 3.30. The molecule has 1 aromatic heterocycles. The Labute approximate surface area is 86.5 Å². The first-order valence-corrected chi connectivity index (χ1v) is 4.33. The summed E-state index contributed by atoms with van der Waals surface area (Å²) in [7, 11) is 0. The van der Waals surface area contributed by atoms with Crippen molar-refractivity contribution in [2.24, 2.45) is 0 Å². The van der Waals surface area contributed by atoms with Crippen molar-refractivity contribution in [1.29, 1.82) is 5.26 Å². The highest BCUT2D eigenvalue weighted by molar-refractivity contribution is 9.10. The van der Waals surface area contributed by atoms with E-state index in [-0.39, 0.29) is 16.6 Å². The van der Waals surface area contributed by atoms with E-state index in [0.29, 0.717) is 0 Å². The molecule has 0 spiro atoms. The van der Waals surface area contributed by atoms with Crippen molar-refractivity contribution in [1.82, 2.24) is 4.98 Å². The van der Waals surface area contributed by atoms with Crippen LogP contribution in [0.2, 0.25) is 0 Å². The lowest BCUT2D eigenvalue weighted by molar-refractivity contribution is -0.138. The van der Waals surface area contributed by atoms with Crippen molar-refractivity contribution < 1.29 is 13.2 Å². The Kier molecular flexibility index (Phi) is 3.11. The van der Waals surface area contributed by atoms with Gasteiger partial charge in [0.25, 0.3) is 0 Å². The second-order valence-corrected chi connectivity index (χ2v) is 3.21. The van der Waals surface area contributed by atoms with Crippen molar-refractivity contribution in [3.8, 4) is 6.07 Å². The number of nitriles is 1. The highest BCUT2D eigenvalue weighted by atomic mass is 79.9. The molecule has 2 nitrogen and oxygen atoms in total. The summed E-state index contributed by atoms with van der Waals surface area (Å²) in [6.45, 7) is 0. The van der Waals surface area contributed by atoms with Gasteiger partial charge in [-0.15, -0.1) is 0 Å². The molecule has 0 unspecified atom stereocenters. The van der Waals surface area contributed by atoms with Crippen molar-refractivity contribution in [2.45, 2.75) is 12.6 Å². The fraction of sp³-hybridized carbons (Fsp3) is 0.250. The summed E-state index contributed by atoms with van der Waals surface area (Å²) in [6, 6.07) is 2.53. The van der Waals surface area contributed by atoms with E-state index in [1.54, 1.807) is 6.07 Å². The number of hydrogen-bond acceptors (Lipinski definition) is 2. The van der Waals surface area contributed by atoms with Gasteiger partial charge in [-0.3, -0.25) is 0 Å². The second kappa shape index (κ2) is 3.96. The van der Waals surface area contributed by atoms with Gasteiger partial charge in [0, 0.05) is 11.8 Å². The first-order chi connectivity index (χ1) is 6.46. The van der Waals surface area contributed by atoms with E-state index in [1.807, 2.05) is 0 Å². The van der Waals surface area contributed by atoms with Gasteiger partial charge >= 0.3 is 6.18 Å². The van der Waals surface area contributed by atoms with E-state index >= 15 is 0 Å². The molecule has 14 heavy (non-hydrogen) atoms. The van der Waals surface area contributed by atoms with Gasteiger partial charge in [0.15, 0.2) is 0 Å². The number of halogens is 4. The minimum atomic E-state index is -4.45. The maximum atomic E-state index is 12.4. The molecule has 0 aliphatic rings. The van der Waals surface area contributed by atoms with Crippen LogP contribution in [-0.2, 0) is 12.6 Å². The average Bonchev–Trinajstić information content (AvgIpc) is 2.07. The average molecular weight is 265 g/mol. The highest BCUT2D eigenvalue weighted by Gasteiger charge is 2.34. The third-order valence-electron chi connectivity index (χ3n) is 1.56. The van der Waals surface area contributed by atoms with Crippen LogP contribution < -0.4 is 0 Å². The van der Waals surface area contributed by atoms with Crippen LogP contribution in [0, 0.1) is 11.3 Å². The monoisotopic (exact) mass is 264 g/mol. The Hall–Kier alpha value is -1.09. The molecule has 1 rings (SSSR count). The van der Waals surface area contributed by atoms with E-state index in [9.17, 15) is 13.2 Å². The molecule has 74 valence electrons. The molecular formula is C8H4BrF3N2. The van der Waals surface area contributed by atoms with E-state index in [0.717, 1.165) is 12.3 Å². The quantitative estimate of drug-likeness (QED) is 0.732. The number of nitrogens with zero attached hydrogens (tertiary/aromatic N) is 2. The SMILES string of the molecule is N#CCc1c(C(F)(F)F)ccnc1Br. The zero-order chi connectivity index (χ0) is 10.8. The van der Waals surface area contributed by atoms with Crippen molar-refractivity contribution in [2.75, 3.05) is 0 Å². The third kappa shape index (κ3) is 2.23. The smallest absolute Gasteiger partial charge is 0.249 e. The van der Waals surface area contributed by atoms with Crippen molar-refractivity contribution in [3.63, 3.8) is 0 Å². The molecule has 0 saturated heterocycles. The lowest BCUT2D eigenvalue weighted by atomic mass is 10.1. The van der Waals surface area contributed by atoms with E-state index < -0.39 is 11.7 Å². The highest BCUT2D eigenvalue weighted by Crippen LogP contribution is 2.34. The van der Waals surface area contributed by atoms with Gasteiger partial charge in [-0.2, -0.15) is 18.4 Å². The van der Waals surface area contributed by atoms with E-state index in [1.165, 1.54) is 0 Å². The largest absolute Gasteiger partial charge is 0.416 e. The summed E-state index contributed by atoms with van der Waals surface area (Å²) in [5.74, 6) is 0. The predicted octanol–water partition coefficient (Wildman–Crippen LogP) is 2.93. The van der Waals surface area contributed by atoms with Crippen molar-refractivity contribution >= 4 is 15.9 Å². The molecule has 0 radical (unpaired) electrons. The number of alkyl halides is 3. The fourth-order valence-corrected chi connectivity index (χ4v) is 1.45. The molecule has 0 aliphatic heterocycles. The molecule has 0 aromatic carbocycles. The lowest BCUT2D eigenvalue weighted by Crippen LogP contribution is -2.10.